The molecule has 1 saturated heterocycles. The Hall–Kier alpha value is -4.30. The molecule has 8 heteroatoms. The molecule has 1 atom stereocenters. The summed E-state index contributed by atoms with van der Waals surface area (Å²) in [5.41, 5.74) is 1.96. The Balaban J connectivity index is 1.78. The molecule has 0 aromatic heterocycles. The Morgan fingerprint density at radius 3 is 2.37 bits per heavy atom. The van der Waals surface area contributed by atoms with E-state index in [1.165, 1.54) is 19.1 Å². The highest BCUT2D eigenvalue weighted by Gasteiger charge is 2.46. The van der Waals surface area contributed by atoms with Gasteiger partial charge < -0.3 is 29.1 Å². The van der Waals surface area contributed by atoms with Crippen LogP contribution < -0.4 is 14.2 Å². The fourth-order valence-electron chi connectivity index (χ4n) is 4.42. The molecule has 4 rings (SSSR count). The lowest BCUT2D eigenvalue weighted by Crippen LogP contribution is -2.35. The number of hydrogen-bond acceptors (Lipinski definition) is 7. The highest BCUT2D eigenvalue weighted by molar-refractivity contribution is 6.46. The largest absolute Gasteiger partial charge is 0.507 e. The molecule has 3 aromatic carbocycles. The van der Waals surface area contributed by atoms with Crippen LogP contribution in [0.3, 0.4) is 0 Å². The van der Waals surface area contributed by atoms with Crippen LogP contribution in [0.5, 0.6) is 17.2 Å². The second-order valence-corrected chi connectivity index (χ2v) is 9.21. The number of ether oxygens (including phenoxy) is 3. The van der Waals surface area contributed by atoms with Gasteiger partial charge >= 0.3 is 0 Å². The topological polar surface area (TPSA) is 88.5 Å². The number of likely N-dealkylation sites (N-methyl/N-ethyl adjacent to an activating group) is 1. The first-order valence-electron chi connectivity index (χ1n) is 12.3. The molecule has 0 spiro atoms. The Kier molecular flexibility index (Phi) is 8.33. The normalized spacial score (nSPS) is 16.7. The Labute approximate surface area is 222 Å². The molecular weight excluding hydrogens is 484 g/mol. The van der Waals surface area contributed by atoms with Crippen molar-refractivity contribution in [3.63, 3.8) is 0 Å². The molecule has 1 unspecified atom stereocenters. The molecule has 1 N–H and O–H groups in total. The van der Waals surface area contributed by atoms with Crippen molar-refractivity contribution < 1.29 is 28.9 Å². The minimum atomic E-state index is -0.804. The van der Waals surface area contributed by atoms with Crippen LogP contribution in [0.4, 0.5) is 0 Å². The van der Waals surface area contributed by atoms with Crippen molar-refractivity contribution in [3.05, 3.63) is 95.1 Å². The van der Waals surface area contributed by atoms with Crippen LogP contribution in [0, 0.1) is 0 Å². The molecule has 1 aliphatic heterocycles. The van der Waals surface area contributed by atoms with Crippen LogP contribution in [0.25, 0.3) is 5.76 Å². The SMILES string of the molecule is COc1ccc(/C(O)=C2\C(=O)C(=O)N(CCN(C)C)C2c2cccc(OCc3ccccc3)c2)c(OC)c1. The number of methoxy groups -OCH3 is 2. The summed E-state index contributed by atoms with van der Waals surface area (Å²) in [6.45, 7) is 1.21. The van der Waals surface area contributed by atoms with E-state index >= 15 is 0 Å². The summed E-state index contributed by atoms with van der Waals surface area (Å²) in [4.78, 5) is 30.0. The van der Waals surface area contributed by atoms with Gasteiger partial charge in [-0.3, -0.25) is 9.59 Å². The first-order valence-corrected chi connectivity index (χ1v) is 12.3. The third-order valence-corrected chi connectivity index (χ3v) is 6.41. The van der Waals surface area contributed by atoms with Crippen molar-refractivity contribution in [1.29, 1.82) is 0 Å². The van der Waals surface area contributed by atoms with E-state index in [9.17, 15) is 14.7 Å². The first-order chi connectivity index (χ1) is 18.3. The van der Waals surface area contributed by atoms with Gasteiger partial charge in [0.25, 0.3) is 11.7 Å². The number of ketones is 1. The van der Waals surface area contributed by atoms with Crippen molar-refractivity contribution in [2.45, 2.75) is 12.6 Å². The zero-order valence-electron chi connectivity index (χ0n) is 22.0. The summed E-state index contributed by atoms with van der Waals surface area (Å²) < 4.78 is 16.7. The molecule has 0 radical (unpaired) electrons. The van der Waals surface area contributed by atoms with Gasteiger partial charge in [-0.2, -0.15) is 0 Å². The van der Waals surface area contributed by atoms with Gasteiger partial charge in [-0.25, -0.2) is 0 Å². The molecule has 1 heterocycles. The van der Waals surface area contributed by atoms with E-state index in [0.29, 0.717) is 48.1 Å². The summed E-state index contributed by atoms with van der Waals surface area (Å²) >= 11 is 0. The number of nitrogens with zero attached hydrogens (tertiary/aromatic N) is 2. The summed E-state index contributed by atoms with van der Waals surface area (Å²) in [6.07, 6.45) is 0. The fourth-order valence-corrected chi connectivity index (χ4v) is 4.42. The molecule has 1 aliphatic rings. The van der Waals surface area contributed by atoms with Crippen molar-refractivity contribution >= 4 is 17.4 Å². The highest BCUT2D eigenvalue weighted by atomic mass is 16.5. The summed E-state index contributed by atoms with van der Waals surface area (Å²) in [7, 11) is 6.78. The third kappa shape index (κ3) is 5.65. The van der Waals surface area contributed by atoms with Gasteiger partial charge in [0.05, 0.1) is 31.4 Å². The van der Waals surface area contributed by atoms with E-state index in [1.54, 1.807) is 24.3 Å². The molecule has 198 valence electrons. The van der Waals surface area contributed by atoms with Crippen molar-refractivity contribution in [3.8, 4) is 17.2 Å². The number of hydrogen-bond donors (Lipinski definition) is 1. The lowest BCUT2D eigenvalue weighted by Gasteiger charge is -2.27. The van der Waals surface area contributed by atoms with Crippen LogP contribution in [-0.4, -0.2) is 68.0 Å². The molecule has 0 aliphatic carbocycles. The maximum absolute atomic E-state index is 13.4. The molecule has 0 saturated carbocycles. The highest BCUT2D eigenvalue weighted by Crippen LogP contribution is 2.42. The van der Waals surface area contributed by atoms with Gasteiger partial charge in [0.15, 0.2) is 0 Å². The van der Waals surface area contributed by atoms with Gasteiger partial charge in [0.1, 0.15) is 29.6 Å². The maximum Gasteiger partial charge on any atom is 0.295 e. The molecule has 38 heavy (non-hydrogen) atoms. The number of likely N-dealkylation sites (tertiary alicyclic amines) is 1. The molecule has 8 nitrogen and oxygen atoms in total. The van der Waals surface area contributed by atoms with E-state index in [2.05, 4.69) is 0 Å². The monoisotopic (exact) mass is 516 g/mol. The molecule has 3 aromatic rings. The molecular formula is C30H32N2O6. The van der Waals surface area contributed by atoms with Gasteiger partial charge in [-0.05, 0) is 49.5 Å². The van der Waals surface area contributed by atoms with E-state index in [-0.39, 0.29) is 11.3 Å². The predicted molar refractivity (Wildman–Crippen MR) is 144 cm³/mol. The number of amides is 1. The van der Waals surface area contributed by atoms with Crippen LogP contribution in [0.1, 0.15) is 22.7 Å². The third-order valence-electron chi connectivity index (χ3n) is 6.41. The van der Waals surface area contributed by atoms with Gasteiger partial charge in [-0.15, -0.1) is 0 Å². The Morgan fingerprint density at radius 1 is 0.921 bits per heavy atom. The second kappa shape index (κ2) is 11.8. The predicted octanol–water partition coefficient (Wildman–Crippen LogP) is 4.27. The summed E-state index contributed by atoms with van der Waals surface area (Å²) in [5.74, 6) is -0.284. The van der Waals surface area contributed by atoms with E-state index in [1.807, 2.05) is 67.5 Å². The number of rotatable bonds is 10. The van der Waals surface area contributed by atoms with Gasteiger partial charge in [0, 0.05) is 19.2 Å². The minimum Gasteiger partial charge on any atom is -0.507 e. The molecule has 1 fully saturated rings. The minimum absolute atomic E-state index is 0.00238. The average molecular weight is 517 g/mol. The van der Waals surface area contributed by atoms with E-state index < -0.39 is 17.7 Å². The maximum atomic E-state index is 13.4. The number of aliphatic hydroxyl groups is 1. The molecule has 1 amide bonds. The zero-order valence-corrected chi connectivity index (χ0v) is 22.0. The Bertz CT molecular complexity index is 1340. The zero-order chi connectivity index (χ0) is 27.2. The van der Waals surface area contributed by atoms with E-state index in [0.717, 1.165) is 5.56 Å². The number of benzene rings is 3. The van der Waals surface area contributed by atoms with Crippen LogP contribution in [0.15, 0.2) is 78.4 Å². The summed E-state index contributed by atoms with van der Waals surface area (Å²) in [5, 5.41) is 11.4. The smallest absolute Gasteiger partial charge is 0.295 e. The standard InChI is InChI=1S/C30H32N2O6/c1-31(2)15-16-32-27(21-11-8-12-23(17-21)38-19-20-9-6-5-7-10-20)26(29(34)30(32)35)28(33)24-14-13-22(36-3)18-25(24)37-4/h5-14,17-18,27,33H,15-16,19H2,1-4H3/b28-26+. The van der Waals surface area contributed by atoms with Gasteiger partial charge in [0.2, 0.25) is 0 Å². The lowest BCUT2D eigenvalue weighted by atomic mass is 9.94. The van der Waals surface area contributed by atoms with Gasteiger partial charge in [-0.1, -0.05) is 42.5 Å². The van der Waals surface area contributed by atoms with Crippen molar-refractivity contribution in [2.75, 3.05) is 41.4 Å². The number of Topliss-reactive ketones (excluding diaryl/α,β-unsaturated/α-hetero) is 1. The average Bonchev–Trinajstić information content (AvgIpc) is 3.20. The number of aliphatic hydroxyl groups excluding tert-OH is 1. The lowest BCUT2D eigenvalue weighted by molar-refractivity contribution is -0.140. The quantitative estimate of drug-likeness (QED) is 0.245. The second-order valence-electron chi connectivity index (χ2n) is 9.21. The Morgan fingerprint density at radius 2 is 1.68 bits per heavy atom. The van der Waals surface area contributed by atoms with Crippen LogP contribution in [0.2, 0.25) is 0 Å². The summed E-state index contributed by atoms with van der Waals surface area (Å²) in [6, 6.07) is 21.1. The molecule has 0 bridgehead atoms. The van der Waals surface area contributed by atoms with Crippen molar-refractivity contribution in [1.82, 2.24) is 9.80 Å². The number of carbonyl (C=O) groups excluding carboxylic acids is 2. The van der Waals surface area contributed by atoms with Crippen LogP contribution >= 0.6 is 0 Å². The number of carbonyl (C=O) groups is 2. The van der Waals surface area contributed by atoms with Crippen LogP contribution in [-0.2, 0) is 16.2 Å². The fraction of sp³-hybridized carbons (Fsp3) is 0.267. The first kappa shape index (κ1) is 26.8. The van der Waals surface area contributed by atoms with E-state index in [4.69, 9.17) is 14.2 Å². The van der Waals surface area contributed by atoms with Crippen molar-refractivity contribution in [2.24, 2.45) is 0 Å².